The molecule has 0 saturated carbocycles. The molecule has 6 heterocycles. The lowest BCUT2D eigenvalue weighted by molar-refractivity contribution is -0.274. The lowest BCUT2D eigenvalue weighted by atomic mass is 10.1. The number of para-hydroxylation sites is 1. The summed E-state index contributed by atoms with van der Waals surface area (Å²) in [5.74, 6) is -0.213. The molecule has 4 unspecified atom stereocenters. The van der Waals surface area contributed by atoms with E-state index in [0.29, 0.717) is 25.9 Å². The van der Waals surface area contributed by atoms with E-state index < -0.39 is 135 Å². The summed E-state index contributed by atoms with van der Waals surface area (Å²) in [5, 5.41) is 49.6. The Morgan fingerprint density at radius 1 is 0.636 bits per heavy atom. The van der Waals surface area contributed by atoms with E-state index in [2.05, 4.69) is 32.7 Å². The van der Waals surface area contributed by atoms with Crippen molar-refractivity contribution in [2.75, 3.05) is 20.3 Å². The Balaban J connectivity index is 0.000000224. The maximum atomic E-state index is 13.1. The van der Waals surface area contributed by atoms with Gasteiger partial charge in [0.25, 0.3) is 11.1 Å². The predicted octanol–water partition coefficient (Wildman–Crippen LogP) is -1.00. The van der Waals surface area contributed by atoms with Crippen LogP contribution in [0.3, 0.4) is 0 Å². The fourth-order valence-corrected chi connectivity index (χ4v) is 10.6. The summed E-state index contributed by atoms with van der Waals surface area (Å²) >= 11 is 0. The number of aromatic nitrogens is 6. The van der Waals surface area contributed by atoms with Crippen LogP contribution in [0.25, 0.3) is 21.9 Å². The smallest absolute Gasteiger partial charge is 0.493 e. The standard InChI is InChI=1S/C18H18F3N3O14P2.C18H21N3O14P2/c19-18(20,21)36-8-1-2-9-10(22-37-11(9)5-8)6-24-13(25)3-4-23(17(24)28)16-15(27)14(26)12(35-16)7-34-40(32,33)38-39(29,30)31;1-31-11-4-2-3-9-10(19-34-16(9)11)7-21-13(22)5-6-20(18(21)25)17-15(24)14(23)12(33-17)8-32-37(29,30)35-36(26,27)28/h1-5,12,14-16,26-27H,6-7H2,(H,32,33)(H2,29,30,31);2-6,12,14-15,17,23-24H,7-8H2,1H3,(H,29,30)(H2,26,27,28)/t12-,14?,15+,16-;12-,14?,15+,17-/m11/s1. The number of halogens is 3. The second-order valence-electron chi connectivity index (χ2n) is 15.9. The Labute approximate surface area is 422 Å². The first-order valence-electron chi connectivity index (χ1n) is 21.0. The van der Waals surface area contributed by atoms with E-state index in [1.54, 1.807) is 18.2 Å². The van der Waals surface area contributed by atoms with Crippen molar-refractivity contribution in [3.63, 3.8) is 0 Å². The lowest BCUT2D eigenvalue weighted by Gasteiger charge is -2.19. The van der Waals surface area contributed by atoms with Crippen molar-refractivity contribution in [2.45, 2.75) is 68.5 Å². The van der Waals surface area contributed by atoms with Crippen LogP contribution in [-0.2, 0) is 58.5 Å². The molecule has 0 spiro atoms. The number of hydrogen-bond donors (Lipinski definition) is 10. The molecule has 34 nitrogen and oxygen atoms in total. The minimum absolute atomic E-state index is 0.0338. The average molecular weight is 1180 g/mol. The molecule has 2 aliphatic rings. The van der Waals surface area contributed by atoms with Crippen molar-refractivity contribution in [3.05, 3.63) is 114 Å². The van der Waals surface area contributed by atoms with Crippen molar-refractivity contribution < 1.29 is 127 Å². The minimum atomic E-state index is -5.44. The molecule has 2 aliphatic heterocycles. The molecule has 77 heavy (non-hydrogen) atoms. The van der Waals surface area contributed by atoms with Crippen LogP contribution < -0.4 is 32.0 Å². The van der Waals surface area contributed by atoms with Crippen LogP contribution in [0.1, 0.15) is 23.8 Å². The van der Waals surface area contributed by atoms with Crippen LogP contribution >= 0.6 is 31.3 Å². The van der Waals surface area contributed by atoms with Crippen LogP contribution in [0.4, 0.5) is 13.2 Å². The number of nitrogens with zero attached hydrogens (tertiary/aromatic N) is 6. The highest BCUT2D eigenvalue weighted by molar-refractivity contribution is 7.61. The predicted molar refractivity (Wildman–Crippen MR) is 239 cm³/mol. The fourth-order valence-electron chi connectivity index (χ4n) is 7.43. The van der Waals surface area contributed by atoms with Gasteiger partial charge in [0.2, 0.25) is 5.58 Å². The van der Waals surface area contributed by atoms with Gasteiger partial charge in [-0.1, -0.05) is 16.4 Å². The number of alkyl halides is 3. The number of methoxy groups -OCH3 is 1. The van der Waals surface area contributed by atoms with E-state index in [0.717, 1.165) is 51.9 Å². The summed E-state index contributed by atoms with van der Waals surface area (Å²) in [4.78, 5) is 105. The summed E-state index contributed by atoms with van der Waals surface area (Å²) in [5.41, 5.74) is -3.29. The molecule has 2 fully saturated rings. The van der Waals surface area contributed by atoms with Gasteiger partial charge in [-0.15, -0.1) is 13.2 Å². The molecule has 41 heteroatoms. The Morgan fingerprint density at radius 3 is 1.56 bits per heavy atom. The Hall–Kier alpha value is -5.59. The normalized spacial score (nSPS) is 23.6. The van der Waals surface area contributed by atoms with Crippen LogP contribution in [0.2, 0.25) is 0 Å². The van der Waals surface area contributed by atoms with Gasteiger partial charge in [-0.3, -0.25) is 36.9 Å². The molecule has 0 aliphatic carbocycles. The molecule has 422 valence electrons. The second kappa shape index (κ2) is 22.6. The molecule has 0 bridgehead atoms. The van der Waals surface area contributed by atoms with Crippen molar-refractivity contribution in [3.8, 4) is 11.5 Å². The van der Waals surface area contributed by atoms with Gasteiger partial charge in [0, 0.05) is 36.0 Å². The van der Waals surface area contributed by atoms with Crippen LogP contribution in [-0.4, -0.2) is 142 Å². The SMILES string of the molecule is COc1cccc2c(Cn3c(=O)ccn([C@@H]4O[C@H](COP(=O)(O)OP(=O)(O)O)C(O)[C@@H]4O)c3=O)noc12.O=c1ccn([C@@H]2O[C@H](COP(=O)(O)OP(=O)(O)O)C(O)[C@@H]2O)c(=O)n1Cc1noc2cc(OC(F)(F)F)ccc12. The van der Waals surface area contributed by atoms with Gasteiger partial charge in [0.1, 0.15) is 53.8 Å². The maximum Gasteiger partial charge on any atom is 0.573 e. The number of phosphoric acid groups is 4. The zero-order valence-electron chi connectivity index (χ0n) is 38.1. The highest BCUT2D eigenvalue weighted by Crippen LogP contribution is 2.58. The molecule has 4 aromatic heterocycles. The molecule has 2 aromatic carbocycles. The van der Waals surface area contributed by atoms with E-state index in [4.69, 9.17) is 42.8 Å². The average Bonchev–Trinajstić information content (AvgIpc) is 4.07. The van der Waals surface area contributed by atoms with Gasteiger partial charge in [-0.05, 0) is 24.3 Å². The van der Waals surface area contributed by atoms with Crippen LogP contribution in [0.15, 0.2) is 89.1 Å². The Morgan fingerprint density at radius 2 is 1.10 bits per heavy atom. The zero-order valence-corrected chi connectivity index (χ0v) is 41.7. The topological polar surface area (TPSA) is 484 Å². The summed E-state index contributed by atoms with van der Waals surface area (Å²) < 4.78 is 131. The molecule has 10 atom stereocenters. The molecular weight excluding hydrogens is 1150 g/mol. The Bertz CT molecular complexity index is 3590. The van der Waals surface area contributed by atoms with E-state index in [1.807, 2.05) is 0 Å². The Kier molecular flexibility index (Phi) is 17.4. The number of hydrogen-bond acceptors (Lipinski definition) is 24. The van der Waals surface area contributed by atoms with Crippen molar-refractivity contribution in [1.82, 2.24) is 28.6 Å². The largest absolute Gasteiger partial charge is 0.573 e. The number of benzene rings is 2. The summed E-state index contributed by atoms with van der Waals surface area (Å²) in [7, 11) is -20.0. The van der Waals surface area contributed by atoms with Gasteiger partial charge in [0.15, 0.2) is 23.8 Å². The minimum Gasteiger partial charge on any atom is -0.493 e. The third kappa shape index (κ3) is 14.2. The number of rotatable bonds is 18. The third-order valence-corrected chi connectivity index (χ3v) is 15.1. The molecule has 6 aromatic rings. The van der Waals surface area contributed by atoms with Gasteiger partial charge >= 0.3 is 49.0 Å². The zero-order chi connectivity index (χ0) is 56.7. The van der Waals surface area contributed by atoms with Crippen molar-refractivity contribution >= 4 is 53.2 Å². The number of ether oxygens (including phenoxy) is 4. The quantitative estimate of drug-likeness (QED) is 0.0461. The monoisotopic (exact) mass is 1180 g/mol. The number of fused-ring (bicyclic) bond motifs is 2. The van der Waals surface area contributed by atoms with E-state index in [1.165, 1.54) is 7.11 Å². The van der Waals surface area contributed by atoms with Crippen LogP contribution in [0, 0.1) is 0 Å². The first kappa shape index (κ1) is 59.1. The van der Waals surface area contributed by atoms with Crippen molar-refractivity contribution in [2.24, 2.45) is 0 Å². The number of aliphatic hydroxyl groups excluding tert-OH is 4. The van der Waals surface area contributed by atoms with Gasteiger partial charge in [-0.2, -0.15) is 8.62 Å². The molecule has 8 rings (SSSR count). The van der Waals surface area contributed by atoms with Gasteiger partial charge < -0.3 is 77.8 Å². The lowest BCUT2D eigenvalue weighted by Crippen LogP contribution is -2.43. The number of phosphoric ester groups is 2. The van der Waals surface area contributed by atoms with E-state index >= 15 is 0 Å². The highest BCUT2D eigenvalue weighted by atomic mass is 31.3. The summed E-state index contributed by atoms with van der Waals surface area (Å²) in [6.07, 6.45) is -16.7. The van der Waals surface area contributed by atoms with Gasteiger partial charge in [-0.25, -0.2) is 27.8 Å². The van der Waals surface area contributed by atoms with Crippen molar-refractivity contribution in [1.29, 1.82) is 0 Å². The van der Waals surface area contributed by atoms with Gasteiger partial charge in [0.05, 0.1) is 38.8 Å². The molecule has 0 radical (unpaired) electrons. The maximum absolute atomic E-state index is 13.1. The number of aliphatic hydroxyl groups is 4. The fraction of sp³-hybridized carbons (Fsp3) is 0.389. The summed E-state index contributed by atoms with van der Waals surface area (Å²) in [6, 6.07) is 9.87. The second-order valence-corrected chi connectivity index (χ2v) is 21.6. The molecule has 0 amide bonds. The molecule has 2 saturated heterocycles. The first-order chi connectivity index (χ1) is 35.7. The summed E-state index contributed by atoms with van der Waals surface area (Å²) in [6.45, 7) is -2.86. The van der Waals surface area contributed by atoms with E-state index in [9.17, 15) is 80.8 Å². The first-order valence-corrected chi connectivity index (χ1v) is 27.0. The third-order valence-electron chi connectivity index (χ3n) is 10.8. The van der Waals surface area contributed by atoms with E-state index in [-0.39, 0.29) is 28.9 Å². The highest BCUT2D eigenvalue weighted by Gasteiger charge is 2.47. The van der Waals surface area contributed by atoms with Crippen LogP contribution in [0.5, 0.6) is 11.5 Å². The molecule has 10 N–H and O–H groups in total. The molecular formula is C36H39F3N6O28P4.